The number of benzene rings is 2. The van der Waals surface area contributed by atoms with Crippen molar-refractivity contribution in [2.45, 2.75) is 6.92 Å². The van der Waals surface area contributed by atoms with Crippen LogP contribution in [0.25, 0.3) is 6.08 Å². The molecule has 2 amide bonds. The van der Waals surface area contributed by atoms with Crippen LogP contribution in [0.4, 0.5) is 16.5 Å². The van der Waals surface area contributed by atoms with Crippen LogP contribution in [-0.2, 0) is 9.59 Å². The number of hydrogen-bond donors (Lipinski definition) is 1. The molecule has 0 radical (unpaired) electrons. The molecule has 0 fully saturated rings. The van der Waals surface area contributed by atoms with E-state index >= 15 is 0 Å². The van der Waals surface area contributed by atoms with Crippen LogP contribution >= 0.6 is 11.3 Å². The summed E-state index contributed by atoms with van der Waals surface area (Å²) in [5, 5.41) is 5.10. The molecule has 4 rings (SSSR count). The van der Waals surface area contributed by atoms with Crippen LogP contribution in [0.5, 0.6) is 11.5 Å². The van der Waals surface area contributed by atoms with Gasteiger partial charge in [0, 0.05) is 30.1 Å². The van der Waals surface area contributed by atoms with Gasteiger partial charge in [0.15, 0.2) is 16.6 Å². The van der Waals surface area contributed by atoms with Crippen molar-refractivity contribution in [3.8, 4) is 11.5 Å². The van der Waals surface area contributed by atoms with Gasteiger partial charge in [0.1, 0.15) is 0 Å². The summed E-state index contributed by atoms with van der Waals surface area (Å²) in [6.07, 6.45) is 3.00. The first-order chi connectivity index (χ1) is 14.1. The molecule has 29 heavy (non-hydrogen) atoms. The Hall–Kier alpha value is -3.65. The predicted molar refractivity (Wildman–Crippen MR) is 112 cm³/mol. The van der Waals surface area contributed by atoms with E-state index in [9.17, 15) is 9.59 Å². The van der Waals surface area contributed by atoms with E-state index in [4.69, 9.17) is 9.47 Å². The molecule has 0 saturated carbocycles. The summed E-state index contributed by atoms with van der Waals surface area (Å²) in [7, 11) is 0. The quantitative estimate of drug-likeness (QED) is 0.641. The summed E-state index contributed by atoms with van der Waals surface area (Å²) in [4.78, 5) is 30.3. The first-order valence-corrected chi connectivity index (χ1v) is 9.68. The molecule has 0 atom stereocenters. The summed E-state index contributed by atoms with van der Waals surface area (Å²) in [5.41, 5.74) is 1.94. The Morgan fingerprint density at radius 2 is 1.93 bits per heavy atom. The Labute approximate surface area is 171 Å². The number of ether oxygens (including phenoxy) is 2. The molecule has 8 heteroatoms. The molecule has 0 bridgehead atoms. The lowest BCUT2D eigenvalue weighted by molar-refractivity contribution is -0.116. The molecule has 7 nitrogen and oxygen atoms in total. The van der Waals surface area contributed by atoms with Gasteiger partial charge in [0.2, 0.25) is 18.6 Å². The zero-order chi connectivity index (χ0) is 20.2. The lowest BCUT2D eigenvalue weighted by Gasteiger charge is -2.17. The number of anilines is 3. The number of nitrogens with zero attached hydrogens (tertiary/aromatic N) is 2. The maximum atomic E-state index is 12.2. The highest BCUT2D eigenvalue weighted by Crippen LogP contribution is 2.34. The maximum absolute atomic E-state index is 12.2. The number of aromatic nitrogens is 1. The highest BCUT2D eigenvalue weighted by atomic mass is 32.1. The molecular weight excluding hydrogens is 390 g/mol. The van der Waals surface area contributed by atoms with Crippen molar-refractivity contribution >= 4 is 45.7 Å². The van der Waals surface area contributed by atoms with E-state index in [-0.39, 0.29) is 18.6 Å². The Morgan fingerprint density at radius 1 is 1.14 bits per heavy atom. The monoisotopic (exact) mass is 407 g/mol. The second-order valence-electron chi connectivity index (χ2n) is 6.14. The Kier molecular flexibility index (Phi) is 5.26. The van der Waals surface area contributed by atoms with Crippen molar-refractivity contribution in [2.75, 3.05) is 17.0 Å². The molecule has 2 heterocycles. The number of carbonyl (C=O) groups is 2. The maximum Gasteiger partial charge on any atom is 0.248 e. The average molecular weight is 407 g/mol. The second-order valence-corrected chi connectivity index (χ2v) is 6.97. The minimum atomic E-state index is -0.301. The third-order valence-corrected chi connectivity index (χ3v) is 4.92. The van der Waals surface area contributed by atoms with Gasteiger partial charge in [0.25, 0.3) is 0 Å². The van der Waals surface area contributed by atoms with Crippen molar-refractivity contribution in [3.63, 3.8) is 0 Å². The highest BCUT2D eigenvalue weighted by molar-refractivity contribution is 7.14. The van der Waals surface area contributed by atoms with Gasteiger partial charge >= 0.3 is 0 Å². The van der Waals surface area contributed by atoms with Crippen LogP contribution in [-0.4, -0.2) is 23.6 Å². The van der Waals surface area contributed by atoms with E-state index in [2.05, 4.69) is 10.3 Å². The standard InChI is InChI=1S/C21H17N3O4S/c1-14(25)24(17-5-3-2-4-6-17)21-23-16(12-29-21)8-10-20(26)22-15-7-9-18-19(11-15)28-13-27-18/h2-12H,13H2,1H3,(H,22,26)/b10-8+. The number of fused-ring (bicyclic) bond motifs is 1. The first-order valence-electron chi connectivity index (χ1n) is 8.80. The SMILES string of the molecule is CC(=O)N(c1ccccc1)c1nc(/C=C/C(=O)Nc2ccc3c(c2)OCO3)cs1. The number of carbonyl (C=O) groups excluding carboxylic acids is 2. The summed E-state index contributed by atoms with van der Waals surface area (Å²) in [5.74, 6) is 0.815. The zero-order valence-electron chi connectivity index (χ0n) is 15.5. The van der Waals surface area contributed by atoms with Crippen LogP contribution in [0.2, 0.25) is 0 Å². The fourth-order valence-electron chi connectivity index (χ4n) is 2.78. The Morgan fingerprint density at radius 3 is 2.72 bits per heavy atom. The fraction of sp³-hybridized carbons (Fsp3) is 0.0952. The molecule has 0 aliphatic carbocycles. The molecule has 0 spiro atoms. The molecule has 1 N–H and O–H groups in total. The average Bonchev–Trinajstić information content (AvgIpc) is 3.36. The highest BCUT2D eigenvalue weighted by Gasteiger charge is 2.17. The molecule has 0 saturated heterocycles. The van der Waals surface area contributed by atoms with Crippen LogP contribution < -0.4 is 19.7 Å². The smallest absolute Gasteiger partial charge is 0.248 e. The Bertz CT molecular complexity index is 1080. The molecule has 3 aromatic rings. The normalized spacial score (nSPS) is 12.2. The van der Waals surface area contributed by atoms with Crippen molar-refractivity contribution in [2.24, 2.45) is 0 Å². The van der Waals surface area contributed by atoms with E-state index in [0.717, 1.165) is 5.69 Å². The molecule has 2 aromatic carbocycles. The van der Waals surface area contributed by atoms with Gasteiger partial charge < -0.3 is 14.8 Å². The first kappa shape index (κ1) is 18.7. The van der Waals surface area contributed by atoms with Gasteiger partial charge in [-0.2, -0.15) is 0 Å². The van der Waals surface area contributed by atoms with Crippen molar-refractivity contribution in [3.05, 3.63) is 65.7 Å². The van der Waals surface area contributed by atoms with Crippen molar-refractivity contribution in [1.29, 1.82) is 0 Å². The predicted octanol–water partition coefficient (Wildman–Crippen LogP) is 4.21. The third kappa shape index (κ3) is 4.27. The number of rotatable bonds is 5. The minimum Gasteiger partial charge on any atom is -0.454 e. The fourth-order valence-corrected chi connectivity index (χ4v) is 3.63. The van der Waals surface area contributed by atoms with Gasteiger partial charge in [-0.15, -0.1) is 11.3 Å². The largest absolute Gasteiger partial charge is 0.454 e. The third-order valence-electron chi connectivity index (χ3n) is 4.08. The molecule has 0 unspecified atom stereocenters. The summed E-state index contributed by atoms with van der Waals surface area (Å²) < 4.78 is 10.5. The van der Waals surface area contributed by atoms with Crippen LogP contribution in [0, 0.1) is 0 Å². The van der Waals surface area contributed by atoms with Gasteiger partial charge in [-0.1, -0.05) is 18.2 Å². The van der Waals surface area contributed by atoms with Crippen molar-refractivity contribution in [1.82, 2.24) is 4.98 Å². The van der Waals surface area contributed by atoms with Gasteiger partial charge in [-0.3, -0.25) is 14.5 Å². The Balaban J connectivity index is 1.44. The lowest BCUT2D eigenvalue weighted by atomic mass is 10.2. The van der Waals surface area contributed by atoms with Crippen molar-refractivity contribution < 1.29 is 19.1 Å². The summed E-state index contributed by atoms with van der Waals surface area (Å²) in [6, 6.07) is 14.5. The van der Waals surface area contributed by atoms with E-state index in [1.165, 1.54) is 29.2 Å². The van der Waals surface area contributed by atoms with E-state index in [1.807, 2.05) is 30.3 Å². The zero-order valence-corrected chi connectivity index (χ0v) is 16.3. The molecule has 146 valence electrons. The van der Waals surface area contributed by atoms with Gasteiger partial charge in [0.05, 0.1) is 11.4 Å². The van der Waals surface area contributed by atoms with Crippen LogP contribution in [0.15, 0.2) is 60.0 Å². The lowest BCUT2D eigenvalue weighted by Crippen LogP contribution is -2.22. The second kappa shape index (κ2) is 8.15. The van der Waals surface area contributed by atoms with E-state index < -0.39 is 0 Å². The van der Waals surface area contributed by atoms with Gasteiger partial charge in [-0.05, 0) is 30.3 Å². The summed E-state index contributed by atoms with van der Waals surface area (Å²) in [6.45, 7) is 1.67. The molecule has 1 aliphatic rings. The number of para-hydroxylation sites is 1. The van der Waals surface area contributed by atoms with Crippen LogP contribution in [0.3, 0.4) is 0 Å². The van der Waals surface area contributed by atoms with E-state index in [0.29, 0.717) is 28.0 Å². The van der Waals surface area contributed by atoms with Crippen LogP contribution in [0.1, 0.15) is 12.6 Å². The minimum absolute atomic E-state index is 0.137. The number of amides is 2. The topological polar surface area (TPSA) is 80.8 Å². The molecule has 1 aliphatic heterocycles. The number of thiazole rings is 1. The van der Waals surface area contributed by atoms with Gasteiger partial charge in [-0.25, -0.2) is 4.98 Å². The number of nitrogens with one attached hydrogen (secondary N) is 1. The number of hydrogen-bond acceptors (Lipinski definition) is 6. The molecule has 1 aromatic heterocycles. The summed E-state index contributed by atoms with van der Waals surface area (Å²) >= 11 is 1.33. The molecular formula is C21H17N3O4S. The van der Waals surface area contributed by atoms with E-state index in [1.54, 1.807) is 29.7 Å².